The second-order valence-electron chi connectivity index (χ2n) is 9.46. The molecule has 1 saturated heterocycles. The van der Waals surface area contributed by atoms with Gasteiger partial charge in [0.15, 0.2) is 5.82 Å². The van der Waals surface area contributed by atoms with E-state index >= 15 is 0 Å². The lowest BCUT2D eigenvalue weighted by molar-refractivity contribution is 0.208. The number of anilines is 2. The number of para-hydroxylation sites is 1. The van der Waals surface area contributed by atoms with Gasteiger partial charge < -0.3 is 15.1 Å². The Balaban J connectivity index is 1.39. The fraction of sp³-hybridized carbons (Fsp3) is 0.233. The summed E-state index contributed by atoms with van der Waals surface area (Å²) in [6, 6.07) is 23.6. The number of nitrogens with one attached hydrogen (secondary N) is 1. The van der Waals surface area contributed by atoms with Gasteiger partial charge in [-0.05, 0) is 31.5 Å². The summed E-state index contributed by atoms with van der Waals surface area (Å²) in [6.07, 6.45) is 0.738. The normalized spacial score (nSPS) is 13.5. The van der Waals surface area contributed by atoms with Crippen LogP contribution in [0.5, 0.6) is 0 Å². The number of nitrogens with zero attached hydrogens (tertiary/aromatic N) is 4. The van der Waals surface area contributed by atoms with Crippen LogP contribution < -0.4 is 10.2 Å². The van der Waals surface area contributed by atoms with E-state index in [2.05, 4.69) is 72.6 Å². The summed E-state index contributed by atoms with van der Waals surface area (Å²) in [6.45, 7) is 6.51. The highest BCUT2D eigenvalue weighted by molar-refractivity contribution is 6.39. The van der Waals surface area contributed by atoms with E-state index in [9.17, 15) is 4.79 Å². The molecule has 1 aromatic heterocycles. The first-order valence-electron chi connectivity index (χ1n) is 12.6. The molecule has 0 atom stereocenters. The third-order valence-electron chi connectivity index (χ3n) is 6.79. The number of halogens is 2. The van der Waals surface area contributed by atoms with Crippen molar-refractivity contribution < 1.29 is 4.79 Å². The molecule has 38 heavy (non-hydrogen) atoms. The highest BCUT2D eigenvalue weighted by Gasteiger charge is 2.26. The molecule has 6 nitrogen and oxygen atoms in total. The predicted octanol–water partition coefficient (Wildman–Crippen LogP) is 7.01. The molecule has 0 aliphatic carbocycles. The van der Waals surface area contributed by atoms with Crippen molar-refractivity contribution in [3.8, 4) is 11.4 Å². The average molecular weight is 547 g/mol. The highest BCUT2D eigenvalue weighted by Crippen LogP contribution is 2.31. The quantitative estimate of drug-likeness (QED) is 0.293. The summed E-state index contributed by atoms with van der Waals surface area (Å²) in [5.41, 5.74) is 5.89. The molecule has 1 N–H and O–H groups in total. The van der Waals surface area contributed by atoms with E-state index in [1.807, 2.05) is 6.07 Å². The van der Waals surface area contributed by atoms with E-state index in [4.69, 9.17) is 33.2 Å². The van der Waals surface area contributed by atoms with Crippen molar-refractivity contribution in [2.24, 2.45) is 0 Å². The van der Waals surface area contributed by atoms with Gasteiger partial charge >= 0.3 is 6.03 Å². The molecule has 2 heterocycles. The molecule has 4 aromatic rings. The van der Waals surface area contributed by atoms with Gasteiger partial charge in [0.05, 0.1) is 15.7 Å². The molecule has 194 valence electrons. The summed E-state index contributed by atoms with van der Waals surface area (Å²) in [5.74, 6) is 1.63. The molecule has 0 spiro atoms. The first-order chi connectivity index (χ1) is 18.4. The molecule has 2 amide bonds. The van der Waals surface area contributed by atoms with Gasteiger partial charge in [0.1, 0.15) is 5.82 Å². The van der Waals surface area contributed by atoms with Gasteiger partial charge in [0.25, 0.3) is 0 Å². The zero-order valence-electron chi connectivity index (χ0n) is 21.4. The first kappa shape index (κ1) is 26.0. The minimum Gasteiger partial charge on any atom is -0.353 e. The van der Waals surface area contributed by atoms with Crippen LogP contribution in [0.3, 0.4) is 0 Å². The Morgan fingerprint density at radius 3 is 2.16 bits per heavy atom. The van der Waals surface area contributed by atoms with Crippen molar-refractivity contribution in [1.82, 2.24) is 14.9 Å². The number of hydrogen-bond acceptors (Lipinski definition) is 4. The zero-order valence-corrected chi connectivity index (χ0v) is 22.9. The molecule has 0 radical (unpaired) electrons. The second-order valence-corrected chi connectivity index (χ2v) is 10.3. The van der Waals surface area contributed by atoms with Crippen LogP contribution in [0.1, 0.15) is 22.4 Å². The average Bonchev–Trinajstić information content (AvgIpc) is 2.93. The Labute approximate surface area is 233 Å². The number of rotatable bonds is 5. The van der Waals surface area contributed by atoms with Gasteiger partial charge in [0, 0.05) is 49.4 Å². The van der Waals surface area contributed by atoms with E-state index < -0.39 is 0 Å². The Hall–Kier alpha value is -3.61. The maximum atomic E-state index is 13.0. The van der Waals surface area contributed by atoms with Crippen LogP contribution in [0.2, 0.25) is 10.0 Å². The van der Waals surface area contributed by atoms with Crippen LogP contribution in [0.4, 0.5) is 16.3 Å². The molecule has 1 aliphatic rings. The van der Waals surface area contributed by atoms with Crippen LogP contribution >= 0.6 is 23.2 Å². The van der Waals surface area contributed by atoms with Gasteiger partial charge in [-0.3, -0.25) is 0 Å². The smallest absolute Gasteiger partial charge is 0.322 e. The fourth-order valence-corrected chi connectivity index (χ4v) is 5.10. The Bertz CT molecular complexity index is 1420. The molecule has 1 fully saturated rings. The van der Waals surface area contributed by atoms with E-state index in [-0.39, 0.29) is 6.03 Å². The first-order valence-corrected chi connectivity index (χ1v) is 13.4. The lowest BCUT2D eigenvalue weighted by atomic mass is 10.0. The summed E-state index contributed by atoms with van der Waals surface area (Å²) < 4.78 is 0. The number of benzene rings is 3. The third kappa shape index (κ3) is 5.77. The molecular formula is C30H29Cl2N5O. The predicted molar refractivity (Wildman–Crippen MR) is 155 cm³/mol. The fourth-order valence-electron chi connectivity index (χ4n) is 4.61. The second kappa shape index (κ2) is 11.4. The maximum Gasteiger partial charge on any atom is 0.322 e. The van der Waals surface area contributed by atoms with Crippen molar-refractivity contribution in [2.75, 3.05) is 36.4 Å². The number of carbonyl (C=O) groups is 1. The zero-order chi connectivity index (χ0) is 26.6. The van der Waals surface area contributed by atoms with E-state index in [1.165, 1.54) is 11.1 Å². The molecule has 0 unspecified atom stereocenters. The number of amides is 2. The van der Waals surface area contributed by atoms with E-state index in [0.29, 0.717) is 47.7 Å². The van der Waals surface area contributed by atoms with E-state index in [0.717, 1.165) is 29.1 Å². The minimum absolute atomic E-state index is 0.219. The Kier molecular flexibility index (Phi) is 7.82. The molecule has 3 aromatic carbocycles. The number of aryl methyl sites for hydroxylation is 2. The van der Waals surface area contributed by atoms with Crippen molar-refractivity contribution in [1.29, 1.82) is 0 Å². The number of piperazine rings is 1. The van der Waals surface area contributed by atoms with Gasteiger partial charge in [-0.2, -0.15) is 0 Å². The van der Waals surface area contributed by atoms with Crippen LogP contribution in [0.25, 0.3) is 11.4 Å². The summed E-state index contributed by atoms with van der Waals surface area (Å²) >= 11 is 12.5. The van der Waals surface area contributed by atoms with Gasteiger partial charge in [-0.15, -0.1) is 0 Å². The van der Waals surface area contributed by atoms with Crippen molar-refractivity contribution in [3.63, 3.8) is 0 Å². The number of urea groups is 1. The van der Waals surface area contributed by atoms with Crippen molar-refractivity contribution in [2.45, 2.75) is 20.3 Å². The number of aromatic nitrogens is 2. The maximum absolute atomic E-state index is 13.0. The Morgan fingerprint density at radius 2 is 1.50 bits per heavy atom. The van der Waals surface area contributed by atoms with Gasteiger partial charge in [-0.25, -0.2) is 14.8 Å². The van der Waals surface area contributed by atoms with Gasteiger partial charge in [0.2, 0.25) is 0 Å². The highest BCUT2D eigenvalue weighted by atomic mass is 35.5. The Morgan fingerprint density at radius 1 is 0.842 bits per heavy atom. The minimum atomic E-state index is -0.219. The van der Waals surface area contributed by atoms with Crippen LogP contribution in [-0.2, 0) is 6.42 Å². The number of carbonyl (C=O) groups excluding carboxylic acids is 1. The molecular weight excluding hydrogens is 517 g/mol. The molecule has 0 saturated carbocycles. The summed E-state index contributed by atoms with van der Waals surface area (Å²) in [4.78, 5) is 27.0. The monoisotopic (exact) mass is 545 g/mol. The lowest BCUT2D eigenvalue weighted by Crippen LogP contribution is -2.50. The molecule has 0 bridgehead atoms. The SMILES string of the molecule is Cc1ccc(-c2nc(C)c(Cc3ccccc3)c(N3CCN(C(=O)Nc4c(Cl)cccc4Cl)CC3)n2)cc1. The summed E-state index contributed by atoms with van der Waals surface area (Å²) in [5, 5.41) is 3.69. The number of hydrogen-bond donors (Lipinski definition) is 1. The largest absolute Gasteiger partial charge is 0.353 e. The standard InChI is InChI=1S/C30H29Cl2N5O/c1-20-11-13-23(14-12-20)28-33-21(2)24(19-22-7-4-3-5-8-22)29(35-28)36-15-17-37(18-16-36)30(38)34-27-25(31)9-6-10-26(27)32/h3-14H,15-19H2,1-2H3,(H,34,38). The molecule has 5 rings (SSSR count). The van der Waals surface area contributed by atoms with Crippen LogP contribution in [-0.4, -0.2) is 47.1 Å². The van der Waals surface area contributed by atoms with Crippen LogP contribution in [0.15, 0.2) is 72.8 Å². The molecule has 1 aliphatic heterocycles. The van der Waals surface area contributed by atoms with Crippen molar-refractivity contribution >= 4 is 40.7 Å². The molecule has 8 heteroatoms. The summed E-state index contributed by atoms with van der Waals surface area (Å²) in [7, 11) is 0. The van der Waals surface area contributed by atoms with Crippen LogP contribution in [0, 0.1) is 13.8 Å². The van der Waals surface area contributed by atoms with E-state index in [1.54, 1.807) is 23.1 Å². The van der Waals surface area contributed by atoms with Crippen molar-refractivity contribution in [3.05, 3.63) is 105 Å². The lowest BCUT2D eigenvalue weighted by Gasteiger charge is -2.36. The third-order valence-corrected chi connectivity index (χ3v) is 7.42. The van der Waals surface area contributed by atoms with Gasteiger partial charge in [-0.1, -0.05) is 89.4 Å². The topological polar surface area (TPSA) is 61.4 Å².